The molecule has 1 aliphatic heterocycles. The number of halogens is 2. The Bertz CT molecular complexity index is 837. The highest BCUT2D eigenvalue weighted by Crippen LogP contribution is 2.44. The van der Waals surface area contributed by atoms with Crippen molar-refractivity contribution in [3.05, 3.63) is 21.2 Å². The summed E-state index contributed by atoms with van der Waals surface area (Å²) in [6.07, 6.45) is 1.01. The number of aromatic hydroxyl groups is 1. The van der Waals surface area contributed by atoms with E-state index in [1.54, 1.807) is 12.3 Å². The van der Waals surface area contributed by atoms with Crippen LogP contribution in [0, 0.1) is 0 Å². The van der Waals surface area contributed by atoms with Gasteiger partial charge in [0.1, 0.15) is 17.6 Å². The molecule has 3 rings (SSSR count). The van der Waals surface area contributed by atoms with E-state index in [0.717, 1.165) is 5.52 Å². The van der Waals surface area contributed by atoms with Crippen molar-refractivity contribution in [3.8, 4) is 11.5 Å². The molecule has 3 unspecified atom stereocenters. The van der Waals surface area contributed by atoms with Gasteiger partial charge in [0.25, 0.3) is 0 Å². The van der Waals surface area contributed by atoms with Gasteiger partial charge in [-0.1, -0.05) is 0 Å². The summed E-state index contributed by atoms with van der Waals surface area (Å²) in [4.78, 5) is 11.3. The number of fused-ring (bicyclic) bond motifs is 1. The first-order chi connectivity index (χ1) is 12.3. The van der Waals surface area contributed by atoms with Crippen molar-refractivity contribution >= 4 is 48.7 Å². The lowest BCUT2D eigenvalue weighted by Crippen LogP contribution is -2.41. The van der Waals surface area contributed by atoms with Crippen molar-refractivity contribution in [3.63, 3.8) is 0 Å². The zero-order chi connectivity index (χ0) is 19.0. The number of hydrogen-bond acceptors (Lipinski definition) is 6. The molecule has 2 N–H and O–H groups in total. The lowest BCUT2D eigenvalue weighted by molar-refractivity contribution is -0.196. The van der Waals surface area contributed by atoms with Crippen LogP contribution in [0.5, 0.6) is 11.5 Å². The SMILES string of the molecule is CC(=O)OC1CC(CO)OC(Oc2cn(C)c3cc(Br)c(O)c(Br)c23)C1. The molecule has 2 heterocycles. The summed E-state index contributed by atoms with van der Waals surface area (Å²) in [5.74, 6) is 0.210. The van der Waals surface area contributed by atoms with Crippen LogP contribution in [0.1, 0.15) is 19.8 Å². The minimum absolute atomic E-state index is 0.0733. The van der Waals surface area contributed by atoms with Crippen LogP contribution >= 0.6 is 31.9 Å². The number of carbonyl (C=O) groups excluding carboxylic acids is 1. The molecule has 0 radical (unpaired) electrons. The fourth-order valence-corrected chi connectivity index (χ4v) is 4.40. The molecule has 1 aromatic heterocycles. The number of phenols is 1. The van der Waals surface area contributed by atoms with Crippen LogP contribution in [-0.2, 0) is 21.3 Å². The first-order valence-electron chi connectivity index (χ1n) is 8.06. The number of carbonyl (C=O) groups is 1. The van der Waals surface area contributed by atoms with E-state index in [1.165, 1.54) is 6.92 Å². The first-order valence-corrected chi connectivity index (χ1v) is 9.65. The van der Waals surface area contributed by atoms with Crippen molar-refractivity contribution in [2.45, 2.75) is 38.3 Å². The number of hydrogen-bond donors (Lipinski definition) is 2. The Morgan fingerprint density at radius 1 is 1.42 bits per heavy atom. The Kier molecular flexibility index (Phi) is 5.81. The summed E-state index contributed by atoms with van der Waals surface area (Å²) < 4.78 is 20.0. The molecular weight excluding hydrogens is 474 g/mol. The lowest BCUT2D eigenvalue weighted by atomic mass is 10.1. The molecule has 1 fully saturated rings. The van der Waals surface area contributed by atoms with E-state index in [4.69, 9.17) is 14.2 Å². The predicted molar refractivity (Wildman–Crippen MR) is 101 cm³/mol. The average Bonchev–Trinajstić information content (AvgIpc) is 2.87. The number of ether oxygens (including phenoxy) is 3. The summed E-state index contributed by atoms with van der Waals surface area (Å²) >= 11 is 6.73. The molecule has 1 aliphatic rings. The molecule has 1 saturated heterocycles. The number of nitrogens with zero attached hydrogens (tertiary/aromatic N) is 1. The van der Waals surface area contributed by atoms with Crippen molar-refractivity contribution in [1.82, 2.24) is 4.57 Å². The molecule has 142 valence electrons. The van der Waals surface area contributed by atoms with Gasteiger partial charge < -0.3 is 29.0 Å². The lowest BCUT2D eigenvalue weighted by Gasteiger charge is -2.33. The minimum atomic E-state index is -0.687. The number of aliphatic hydroxyl groups is 1. The summed E-state index contributed by atoms with van der Waals surface area (Å²) in [5, 5.41) is 20.3. The smallest absolute Gasteiger partial charge is 0.302 e. The zero-order valence-electron chi connectivity index (χ0n) is 14.2. The van der Waals surface area contributed by atoms with Crippen LogP contribution in [0.2, 0.25) is 0 Å². The van der Waals surface area contributed by atoms with Crippen LogP contribution in [0.4, 0.5) is 0 Å². The van der Waals surface area contributed by atoms with Crippen LogP contribution in [0.3, 0.4) is 0 Å². The number of esters is 1. The van der Waals surface area contributed by atoms with Gasteiger partial charge in [-0.2, -0.15) is 0 Å². The highest BCUT2D eigenvalue weighted by molar-refractivity contribution is 9.11. The number of aliphatic hydroxyl groups excluding tert-OH is 1. The van der Waals surface area contributed by atoms with Crippen molar-refractivity contribution in [2.75, 3.05) is 6.61 Å². The molecule has 2 aromatic rings. The molecule has 26 heavy (non-hydrogen) atoms. The van der Waals surface area contributed by atoms with E-state index >= 15 is 0 Å². The molecule has 0 saturated carbocycles. The molecule has 9 heteroatoms. The number of benzene rings is 1. The van der Waals surface area contributed by atoms with Gasteiger partial charge >= 0.3 is 5.97 Å². The number of phenolic OH excluding ortho intramolecular Hbond substituents is 1. The van der Waals surface area contributed by atoms with Gasteiger partial charge in [-0.25, -0.2) is 0 Å². The van der Waals surface area contributed by atoms with Crippen LogP contribution in [-0.4, -0.2) is 45.9 Å². The van der Waals surface area contributed by atoms with Crippen LogP contribution < -0.4 is 4.74 Å². The number of aryl methyl sites for hydroxylation is 1. The summed E-state index contributed by atoms with van der Waals surface area (Å²) in [6.45, 7) is 1.16. The highest BCUT2D eigenvalue weighted by Gasteiger charge is 2.33. The standard InChI is InChI=1S/C17H19Br2NO6/c1-8(22)24-9-3-10(7-21)25-14(4-9)26-13-6-20(2)12-5-11(18)17(23)16(19)15(12)13/h5-6,9-10,14,21,23H,3-4,7H2,1-2H3. The zero-order valence-corrected chi connectivity index (χ0v) is 17.4. The van der Waals surface area contributed by atoms with Crippen molar-refractivity contribution in [2.24, 2.45) is 7.05 Å². The van der Waals surface area contributed by atoms with Gasteiger partial charge in [-0.3, -0.25) is 4.79 Å². The van der Waals surface area contributed by atoms with Gasteiger partial charge in [0.15, 0.2) is 0 Å². The summed E-state index contributed by atoms with van der Waals surface area (Å²) in [6, 6.07) is 1.79. The quantitative estimate of drug-likeness (QED) is 0.637. The molecule has 7 nitrogen and oxygen atoms in total. The van der Waals surface area contributed by atoms with Gasteiger partial charge in [0.05, 0.1) is 32.6 Å². The van der Waals surface area contributed by atoms with Gasteiger partial charge in [0.2, 0.25) is 6.29 Å². The number of aromatic nitrogens is 1. The molecular formula is C17H19Br2NO6. The minimum Gasteiger partial charge on any atom is -0.506 e. The van der Waals surface area contributed by atoms with E-state index in [9.17, 15) is 15.0 Å². The van der Waals surface area contributed by atoms with Crippen molar-refractivity contribution in [1.29, 1.82) is 0 Å². The average molecular weight is 493 g/mol. The maximum Gasteiger partial charge on any atom is 0.302 e. The molecule has 1 aromatic carbocycles. The summed E-state index contributed by atoms with van der Waals surface area (Å²) in [7, 11) is 1.87. The van der Waals surface area contributed by atoms with E-state index < -0.39 is 12.4 Å². The third-order valence-corrected chi connectivity index (χ3v) is 5.61. The van der Waals surface area contributed by atoms with E-state index in [1.807, 2.05) is 11.6 Å². The summed E-state index contributed by atoms with van der Waals surface area (Å²) in [5.41, 5.74) is 0.850. The topological polar surface area (TPSA) is 90.2 Å². The van der Waals surface area contributed by atoms with Crippen molar-refractivity contribution < 1.29 is 29.2 Å². The molecule has 0 bridgehead atoms. The maximum absolute atomic E-state index is 11.3. The fourth-order valence-electron chi connectivity index (χ4n) is 3.10. The molecule has 0 amide bonds. The monoisotopic (exact) mass is 491 g/mol. The second kappa shape index (κ2) is 7.75. The highest BCUT2D eigenvalue weighted by atomic mass is 79.9. The fraction of sp³-hybridized carbons (Fsp3) is 0.471. The van der Waals surface area contributed by atoms with Gasteiger partial charge in [-0.05, 0) is 37.9 Å². The Labute approximate surface area is 167 Å². The van der Waals surface area contributed by atoms with Gasteiger partial charge in [-0.15, -0.1) is 0 Å². The Morgan fingerprint density at radius 2 is 2.15 bits per heavy atom. The maximum atomic E-state index is 11.3. The predicted octanol–water partition coefficient (Wildman–Crippen LogP) is 3.22. The Balaban J connectivity index is 1.90. The van der Waals surface area contributed by atoms with E-state index in [-0.39, 0.29) is 24.4 Å². The third-order valence-electron chi connectivity index (χ3n) is 4.23. The molecule has 0 spiro atoms. The van der Waals surface area contributed by atoms with Gasteiger partial charge in [0, 0.05) is 33.0 Å². The largest absolute Gasteiger partial charge is 0.506 e. The van der Waals surface area contributed by atoms with E-state index in [2.05, 4.69) is 31.9 Å². The Morgan fingerprint density at radius 3 is 2.81 bits per heavy atom. The Hall–Kier alpha value is -1.29. The molecule has 3 atom stereocenters. The second-order valence-corrected chi connectivity index (χ2v) is 7.86. The normalized spacial score (nSPS) is 23.2. The van der Waals surface area contributed by atoms with Crippen LogP contribution in [0.15, 0.2) is 21.2 Å². The number of rotatable bonds is 4. The first kappa shape index (κ1) is 19.5. The second-order valence-electron chi connectivity index (χ2n) is 6.21. The molecule has 0 aliphatic carbocycles. The van der Waals surface area contributed by atoms with E-state index in [0.29, 0.717) is 32.9 Å². The van der Waals surface area contributed by atoms with Crippen LogP contribution in [0.25, 0.3) is 10.9 Å². The third kappa shape index (κ3) is 3.85.